The van der Waals surface area contributed by atoms with Crippen molar-refractivity contribution in [1.29, 1.82) is 0 Å². The van der Waals surface area contributed by atoms with Crippen molar-refractivity contribution >= 4 is 49.8 Å². The zero-order valence-corrected chi connectivity index (χ0v) is 26.2. The van der Waals surface area contributed by atoms with Crippen LogP contribution in [0.3, 0.4) is 0 Å². The fraction of sp³-hybridized carbons (Fsp3) is 0.444. The second kappa shape index (κ2) is 15.6. The first-order chi connectivity index (χ1) is 20.1. The Morgan fingerprint density at radius 1 is 1.00 bits per heavy atom. The summed E-state index contributed by atoms with van der Waals surface area (Å²) in [5.74, 6) is -5.30. The molecule has 5 atom stereocenters. The average molecular weight is 659 g/mol. The van der Waals surface area contributed by atoms with Gasteiger partial charge in [0, 0.05) is 30.2 Å². The maximum atomic E-state index is 14.0. The smallest absolute Gasteiger partial charge is 0.377 e. The van der Waals surface area contributed by atoms with Crippen LogP contribution in [0.2, 0.25) is 0 Å². The Labute approximate surface area is 255 Å². The lowest BCUT2D eigenvalue weighted by Crippen LogP contribution is -2.60. The van der Waals surface area contributed by atoms with E-state index in [1.807, 2.05) is 0 Å². The van der Waals surface area contributed by atoms with Crippen LogP contribution in [0.5, 0.6) is 0 Å². The van der Waals surface area contributed by atoms with Gasteiger partial charge < -0.3 is 29.6 Å². The highest BCUT2D eigenvalue weighted by Gasteiger charge is 2.50. The standard InChI is InChI=1S/C27H36N2O11S3/c1-4-23(30)40-27(25(32)39-2,21-13-9-6-10-14-21)29-24(31)20(17-19-11-7-5-8-12-19)18-26(41(33)34,42(35)36)22(28)15-16-43(3,37)38/h5-14,20,22H,4,15-18,28H2,1-3H3,(H,29,31)(H,33,34)(H,35,36)/p-2. The number of rotatable bonds is 16. The van der Waals surface area contributed by atoms with E-state index in [2.05, 4.69) is 5.32 Å². The fourth-order valence-electron chi connectivity index (χ4n) is 4.35. The van der Waals surface area contributed by atoms with Crippen LogP contribution in [0.4, 0.5) is 0 Å². The molecular weight excluding hydrogens is 625 g/mol. The van der Waals surface area contributed by atoms with Crippen molar-refractivity contribution < 1.29 is 49.8 Å². The number of amides is 1. The number of sulfone groups is 1. The molecular formula is C27H34N2O11S3-2. The Kier molecular flexibility index (Phi) is 13.1. The van der Waals surface area contributed by atoms with Crippen LogP contribution in [0.25, 0.3) is 0 Å². The second-order valence-electron chi connectivity index (χ2n) is 9.75. The predicted octanol–water partition coefficient (Wildman–Crippen LogP) is 0.547. The minimum atomic E-state index is -3.67. The van der Waals surface area contributed by atoms with E-state index in [4.69, 9.17) is 15.2 Å². The van der Waals surface area contributed by atoms with E-state index in [0.717, 1.165) is 13.4 Å². The SMILES string of the molecule is CCC(=O)OC(NC(=O)C(Cc1ccccc1)CC(C(N)CCS(C)(=O)=O)(S(=O)[O-])S(=O)[O-])(C(=O)OC)c1ccccc1. The molecule has 2 aromatic carbocycles. The number of benzene rings is 2. The topological polar surface area (TPSA) is 222 Å². The summed E-state index contributed by atoms with van der Waals surface area (Å²) in [6, 6.07) is 13.8. The van der Waals surface area contributed by atoms with Crippen molar-refractivity contribution in [3.05, 3.63) is 71.8 Å². The normalized spacial score (nSPS) is 17.3. The molecule has 2 aromatic rings. The molecule has 0 saturated heterocycles. The van der Waals surface area contributed by atoms with E-state index in [0.29, 0.717) is 5.56 Å². The highest BCUT2D eigenvalue weighted by Crippen LogP contribution is 2.34. The molecule has 2 rings (SSSR count). The lowest BCUT2D eigenvalue weighted by molar-refractivity contribution is -0.189. The summed E-state index contributed by atoms with van der Waals surface area (Å²) in [5, 5.41) is 2.38. The van der Waals surface area contributed by atoms with Gasteiger partial charge in [0.05, 0.1) is 12.9 Å². The van der Waals surface area contributed by atoms with Gasteiger partial charge >= 0.3 is 17.7 Å². The van der Waals surface area contributed by atoms with Gasteiger partial charge in [-0.1, -0.05) is 67.6 Å². The van der Waals surface area contributed by atoms with Crippen LogP contribution in [0.1, 0.15) is 37.3 Å². The van der Waals surface area contributed by atoms with Crippen LogP contribution in [-0.4, -0.2) is 73.0 Å². The van der Waals surface area contributed by atoms with Gasteiger partial charge in [0.15, 0.2) is 0 Å². The first kappa shape index (κ1) is 36.2. The monoisotopic (exact) mass is 658 g/mol. The van der Waals surface area contributed by atoms with Crippen LogP contribution in [0, 0.1) is 5.92 Å². The third kappa shape index (κ3) is 9.23. The molecule has 0 bridgehead atoms. The number of carbonyl (C=O) groups excluding carboxylic acids is 3. The van der Waals surface area contributed by atoms with Gasteiger partial charge in [-0.2, -0.15) is 0 Å². The van der Waals surface area contributed by atoms with Gasteiger partial charge in [0.1, 0.15) is 13.9 Å². The number of hydrogen-bond acceptors (Lipinski definition) is 12. The van der Waals surface area contributed by atoms with Crippen LogP contribution in [0.15, 0.2) is 60.7 Å². The highest BCUT2D eigenvalue weighted by molar-refractivity contribution is 7.99. The first-order valence-electron chi connectivity index (χ1n) is 13.0. The third-order valence-electron chi connectivity index (χ3n) is 6.66. The Morgan fingerprint density at radius 2 is 1.53 bits per heavy atom. The summed E-state index contributed by atoms with van der Waals surface area (Å²) < 4.78 is 81.4. The molecule has 0 aromatic heterocycles. The average Bonchev–Trinajstić information content (AvgIpc) is 2.97. The molecule has 13 nitrogen and oxygen atoms in total. The molecule has 0 aliphatic carbocycles. The Morgan fingerprint density at radius 3 is 2.00 bits per heavy atom. The van der Waals surface area contributed by atoms with E-state index in [9.17, 15) is 40.3 Å². The molecule has 5 unspecified atom stereocenters. The summed E-state index contributed by atoms with van der Waals surface area (Å²) in [7, 11) is -2.67. The number of methoxy groups -OCH3 is 1. The first-order valence-corrected chi connectivity index (χ1v) is 17.2. The maximum Gasteiger partial charge on any atom is 0.377 e. The minimum absolute atomic E-state index is 0.00798. The van der Waals surface area contributed by atoms with Crippen LogP contribution in [-0.2, 0) is 68.0 Å². The molecule has 0 aliphatic rings. The summed E-state index contributed by atoms with van der Waals surface area (Å²) >= 11 is -6.93. The Hall–Kier alpha value is -3.02. The molecule has 16 heteroatoms. The summed E-state index contributed by atoms with van der Waals surface area (Å²) in [4.78, 5) is 39.7. The predicted molar refractivity (Wildman–Crippen MR) is 156 cm³/mol. The molecule has 0 heterocycles. The molecule has 0 saturated carbocycles. The molecule has 0 aliphatic heterocycles. The minimum Gasteiger partial charge on any atom is -0.771 e. The number of esters is 2. The zero-order valence-electron chi connectivity index (χ0n) is 23.8. The van der Waals surface area contributed by atoms with Crippen molar-refractivity contribution in [3.63, 3.8) is 0 Å². The third-order valence-corrected chi connectivity index (χ3v) is 10.5. The molecule has 0 spiro atoms. The van der Waals surface area contributed by atoms with E-state index in [1.54, 1.807) is 36.4 Å². The van der Waals surface area contributed by atoms with E-state index < -0.39 is 90.2 Å². The zero-order chi connectivity index (χ0) is 32.4. The maximum absolute atomic E-state index is 14.0. The van der Waals surface area contributed by atoms with Crippen molar-refractivity contribution in [2.45, 2.75) is 48.5 Å². The molecule has 0 radical (unpaired) electrons. The number of nitrogens with two attached hydrogens (primary N) is 1. The van der Waals surface area contributed by atoms with Crippen LogP contribution >= 0.6 is 0 Å². The van der Waals surface area contributed by atoms with E-state index in [1.165, 1.54) is 31.2 Å². The number of hydrogen-bond donors (Lipinski definition) is 2. The summed E-state index contributed by atoms with van der Waals surface area (Å²) in [5.41, 5.74) is 4.01. The van der Waals surface area contributed by atoms with Gasteiger partial charge in [-0.3, -0.25) is 18.0 Å². The molecule has 43 heavy (non-hydrogen) atoms. The number of nitrogens with one attached hydrogen (secondary N) is 1. The molecule has 238 valence electrons. The van der Waals surface area contributed by atoms with Crippen molar-refractivity contribution in [2.24, 2.45) is 11.7 Å². The molecule has 3 N–H and O–H groups in total. The summed E-state index contributed by atoms with van der Waals surface area (Å²) in [6.45, 7) is 1.45. The van der Waals surface area contributed by atoms with Crippen molar-refractivity contribution in [1.82, 2.24) is 5.32 Å². The van der Waals surface area contributed by atoms with Crippen molar-refractivity contribution in [3.8, 4) is 0 Å². The van der Waals surface area contributed by atoms with Gasteiger partial charge in [0.2, 0.25) is 5.91 Å². The second-order valence-corrected chi connectivity index (χ2v) is 14.7. The van der Waals surface area contributed by atoms with E-state index in [-0.39, 0.29) is 18.4 Å². The lowest BCUT2D eigenvalue weighted by atomic mass is 9.90. The Bertz CT molecular complexity index is 1410. The quantitative estimate of drug-likeness (QED) is 0.143. The summed E-state index contributed by atoms with van der Waals surface area (Å²) in [6.07, 6.45) is -1.04. The van der Waals surface area contributed by atoms with Gasteiger partial charge in [-0.25, -0.2) is 13.2 Å². The number of carbonyl (C=O) groups is 3. The van der Waals surface area contributed by atoms with Gasteiger partial charge in [0.25, 0.3) is 0 Å². The molecule has 0 fully saturated rings. The molecule has 1 amide bonds. The number of ether oxygens (including phenoxy) is 2. The van der Waals surface area contributed by atoms with Crippen LogP contribution < -0.4 is 11.1 Å². The Balaban J connectivity index is 2.71. The van der Waals surface area contributed by atoms with Gasteiger partial charge in [-0.15, -0.1) is 0 Å². The highest BCUT2D eigenvalue weighted by atomic mass is 32.3. The van der Waals surface area contributed by atoms with Crippen molar-refractivity contribution in [2.75, 3.05) is 19.1 Å². The largest absolute Gasteiger partial charge is 0.771 e. The fourth-order valence-corrected chi connectivity index (χ4v) is 6.88. The van der Waals surface area contributed by atoms with Gasteiger partial charge in [-0.05, 0) is 47.0 Å². The van der Waals surface area contributed by atoms with E-state index >= 15 is 0 Å². The lowest BCUT2D eigenvalue weighted by Gasteiger charge is -2.44.